The Hall–Kier alpha value is -3.64. The Kier molecular flexibility index (Phi) is 5.50. The van der Waals surface area contributed by atoms with E-state index in [4.69, 9.17) is 16.3 Å². The summed E-state index contributed by atoms with van der Waals surface area (Å²) in [6.07, 6.45) is 0. The number of rotatable bonds is 5. The van der Waals surface area contributed by atoms with Crippen LogP contribution in [0.2, 0.25) is 5.02 Å². The zero-order valence-corrected chi connectivity index (χ0v) is 16.9. The smallest absolute Gasteiger partial charge is 0.296 e. The van der Waals surface area contributed by atoms with E-state index >= 15 is 0 Å². The summed E-state index contributed by atoms with van der Waals surface area (Å²) in [4.78, 5) is 12.4. The molecule has 0 saturated carbocycles. The highest BCUT2D eigenvalue weighted by Gasteiger charge is 2.18. The van der Waals surface area contributed by atoms with Crippen molar-refractivity contribution in [2.75, 3.05) is 7.11 Å². The van der Waals surface area contributed by atoms with Crippen LogP contribution in [0.3, 0.4) is 0 Å². The molecule has 7 heteroatoms. The van der Waals surface area contributed by atoms with Gasteiger partial charge in [-0.05, 0) is 24.3 Å². The van der Waals surface area contributed by atoms with Crippen molar-refractivity contribution in [1.82, 2.24) is 4.57 Å². The van der Waals surface area contributed by atoms with Crippen molar-refractivity contribution in [1.29, 1.82) is 0 Å². The van der Waals surface area contributed by atoms with Crippen LogP contribution < -0.4 is 4.74 Å². The molecule has 30 heavy (non-hydrogen) atoms. The minimum atomic E-state index is -0.582. The largest absolute Gasteiger partial charge is 0.496 e. The van der Waals surface area contributed by atoms with Gasteiger partial charge in [-0.3, -0.25) is 4.79 Å². The number of aromatic nitrogens is 1. The number of nitrogens with zero attached hydrogens (tertiary/aromatic N) is 3. The first kappa shape index (κ1) is 19.7. The molecule has 3 aromatic carbocycles. The fraction of sp³-hybridized carbons (Fsp3) is 0.0870. The Morgan fingerprint density at radius 3 is 2.53 bits per heavy atom. The summed E-state index contributed by atoms with van der Waals surface area (Å²) in [6, 6.07) is 21.6. The highest BCUT2D eigenvalue weighted by molar-refractivity contribution is 6.33. The standard InChI is InChI=1S/C23H18ClN3O3/c1-30-20-13-7-2-8-15(20)14-27-19-12-6-4-10-17(19)21(23(27)29)25-26-22(28)16-9-3-5-11-18(16)24/h2-13,29H,14H2,1H3. The van der Waals surface area contributed by atoms with Crippen molar-refractivity contribution < 1.29 is 14.6 Å². The molecular formula is C23H18ClN3O3. The fourth-order valence-electron chi connectivity index (χ4n) is 3.32. The number of ether oxygens (including phenoxy) is 1. The van der Waals surface area contributed by atoms with Gasteiger partial charge in [0.2, 0.25) is 5.88 Å². The number of methoxy groups -OCH3 is 1. The van der Waals surface area contributed by atoms with Gasteiger partial charge in [0, 0.05) is 10.9 Å². The second-order valence-corrected chi connectivity index (χ2v) is 6.98. The Morgan fingerprint density at radius 1 is 1.03 bits per heavy atom. The van der Waals surface area contributed by atoms with Crippen LogP contribution in [0.1, 0.15) is 15.9 Å². The first-order valence-corrected chi connectivity index (χ1v) is 9.60. The Labute approximate surface area is 178 Å². The van der Waals surface area contributed by atoms with Crippen molar-refractivity contribution in [2.45, 2.75) is 6.54 Å². The molecule has 4 rings (SSSR count). The number of carbonyl (C=O) groups is 1. The van der Waals surface area contributed by atoms with Crippen LogP contribution in [0.5, 0.6) is 11.6 Å². The minimum Gasteiger partial charge on any atom is -0.496 e. The molecule has 6 nitrogen and oxygen atoms in total. The maximum atomic E-state index is 12.4. The monoisotopic (exact) mass is 419 g/mol. The Balaban J connectivity index is 1.76. The summed E-state index contributed by atoms with van der Waals surface area (Å²) in [7, 11) is 1.60. The average molecular weight is 420 g/mol. The summed E-state index contributed by atoms with van der Waals surface area (Å²) >= 11 is 6.06. The van der Waals surface area contributed by atoms with Gasteiger partial charge in [0.15, 0.2) is 5.69 Å². The van der Waals surface area contributed by atoms with E-state index in [1.54, 1.807) is 35.9 Å². The molecule has 0 aliphatic rings. The number of amides is 1. The molecule has 4 aromatic rings. The average Bonchev–Trinajstić information content (AvgIpc) is 3.04. The van der Waals surface area contributed by atoms with Gasteiger partial charge < -0.3 is 14.4 Å². The van der Waals surface area contributed by atoms with Crippen molar-refractivity contribution in [3.63, 3.8) is 0 Å². The van der Waals surface area contributed by atoms with Gasteiger partial charge in [0.05, 0.1) is 29.8 Å². The predicted octanol–water partition coefficient (Wildman–Crippen LogP) is 5.98. The fourth-order valence-corrected chi connectivity index (χ4v) is 3.53. The molecule has 0 aliphatic heterocycles. The van der Waals surface area contributed by atoms with Gasteiger partial charge in [-0.2, -0.15) is 0 Å². The minimum absolute atomic E-state index is 0.0854. The van der Waals surface area contributed by atoms with Gasteiger partial charge in [-0.1, -0.05) is 60.1 Å². The summed E-state index contributed by atoms with van der Waals surface area (Å²) in [5.74, 6) is 0.0473. The molecule has 0 saturated heterocycles. The van der Waals surface area contributed by atoms with Crippen LogP contribution in [-0.2, 0) is 6.54 Å². The van der Waals surface area contributed by atoms with Gasteiger partial charge in [-0.25, -0.2) is 0 Å². The van der Waals surface area contributed by atoms with E-state index in [1.807, 2.05) is 48.5 Å². The molecule has 0 bridgehead atoms. The van der Waals surface area contributed by atoms with Gasteiger partial charge in [-0.15, -0.1) is 10.2 Å². The number of hydrogen-bond acceptors (Lipinski definition) is 4. The molecule has 0 unspecified atom stereocenters. The van der Waals surface area contributed by atoms with Crippen LogP contribution in [0.15, 0.2) is 83.0 Å². The third kappa shape index (κ3) is 3.65. The van der Waals surface area contributed by atoms with Crippen molar-refractivity contribution in [3.05, 3.63) is 88.9 Å². The molecular weight excluding hydrogens is 402 g/mol. The number of fused-ring (bicyclic) bond motifs is 1. The van der Waals surface area contributed by atoms with E-state index in [2.05, 4.69) is 10.2 Å². The van der Waals surface area contributed by atoms with E-state index in [9.17, 15) is 9.90 Å². The molecule has 0 radical (unpaired) electrons. The molecule has 1 heterocycles. The Bertz CT molecular complexity index is 1260. The van der Waals surface area contributed by atoms with Crippen molar-refractivity contribution in [3.8, 4) is 11.6 Å². The molecule has 0 atom stereocenters. The van der Waals surface area contributed by atoms with E-state index in [0.29, 0.717) is 22.7 Å². The highest BCUT2D eigenvalue weighted by Crippen LogP contribution is 2.40. The summed E-state index contributed by atoms with van der Waals surface area (Å²) in [6.45, 7) is 0.365. The number of benzene rings is 3. The van der Waals surface area contributed by atoms with E-state index in [-0.39, 0.29) is 17.1 Å². The van der Waals surface area contributed by atoms with Crippen LogP contribution in [0.25, 0.3) is 10.9 Å². The lowest BCUT2D eigenvalue weighted by atomic mass is 10.2. The van der Waals surface area contributed by atoms with Crippen LogP contribution in [0, 0.1) is 0 Å². The quantitative estimate of drug-likeness (QED) is 0.404. The molecule has 1 N–H and O–H groups in total. The first-order valence-electron chi connectivity index (χ1n) is 9.23. The first-order chi connectivity index (χ1) is 14.6. The van der Waals surface area contributed by atoms with E-state index in [1.165, 1.54) is 0 Å². The summed E-state index contributed by atoms with van der Waals surface area (Å²) < 4.78 is 7.13. The van der Waals surface area contributed by atoms with Crippen LogP contribution >= 0.6 is 11.6 Å². The number of azo groups is 1. The zero-order valence-electron chi connectivity index (χ0n) is 16.1. The Morgan fingerprint density at radius 2 is 1.73 bits per heavy atom. The summed E-state index contributed by atoms with van der Waals surface area (Å²) in [5.41, 5.74) is 2.13. The lowest BCUT2D eigenvalue weighted by Crippen LogP contribution is -2.01. The van der Waals surface area contributed by atoms with Crippen LogP contribution in [-0.4, -0.2) is 22.7 Å². The lowest BCUT2D eigenvalue weighted by molar-refractivity contribution is 0.0995. The third-order valence-corrected chi connectivity index (χ3v) is 5.11. The number of halogens is 1. The number of hydrogen-bond donors (Lipinski definition) is 1. The molecule has 0 spiro atoms. The highest BCUT2D eigenvalue weighted by atomic mass is 35.5. The zero-order chi connectivity index (χ0) is 21.1. The lowest BCUT2D eigenvalue weighted by Gasteiger charge is -2.11. The SMILES string of the molecule is COc1ccccc1Cn1c(O)c(N=NC(=O)c2ccccc2Cl)c2ccccc21. The number of aromatic hydroxyl groups is 1. The predicted molar refractivity (Wildman–Crippen MR) is 116 cm³/mol. The molecule has 150 valence electrons. The van der Waals surface area contributed by atoms with Crippen LogP contribution in [0.4, 0.5) is 5.69 Å². The second kappa shape index (κ2) is 8.39. The normalized spacial score (nSPS) is 11.3. The van der Waals surface area contributed by atoms with Gasteiger partial charge in [0.25, 0.3) is 5.91 Å². The molecule has 1 aromatic heterocycles. The van der Waals surface area contributed by atoms with Crippen molar-refractivity contribution >= 4 is 34.1 Å². The third-order valence-electron chi connectivity index (χ3n) is 4.78. The summed E-state index contributed by atoms with van der Waals surface area (Å²) in [5, 5.41) is 19.7. The second-order valence-electron chi connectivity index (χ2n) is 6.57. The topological polar surface area (TPSA) is 76.2 Å². The van der Waals surface area contributed by atoms with Crippen molar-refractivity contribution in [2.24, 2.45) is 10.2 Å². The molecule has 0 fully saturated rings. The number of carbonyl (C=O) groups excluding carboxylic acids is 1. The van der Waals surface area contributed by atoms with E-state index < -0.39 is 5.91 Å². The molecule has 0 aliphatic carbocycles. The maximum absolute atomic E-state index is 12.4. The van der Waals surface area contributed by atoms with E-state index in [0.717, 1.165) is 11.1 Å². The molecule has 1 amide bonds. The maximum Gasteiger partial charge on any atom is 0.296 e. The number of para-hydroxylation sites is 2. The van der Waals surface area contributed by atoms with Gasteiger partial charge in [0.1, 0.15) is 5.75 Å². The van der Waals surface area contributed by atoms with Gasteiger partial charge >= 0.3 is 0 Å².